The first-order valence-corrected chi connectivity index (χ1v) is 8.43. The number of rotatable bonds is 3. The van der Waals surface area contributed by atoms with E-state index in [-0.39, 0.29) is 12.1 Å². The fraction of sp³-hybridized carbons (Fsp3) is 0.143. The fourth-order valence-electron chi connectivity index (χ4n) is 3.33. The Hall–Kier alpha value is -3.34. The van der Waals surface area contributed by atoms with Crippen molar-refractivity contribution in [1.29, 1.82) is 0 Å². The largest absolute Gasteiger partial charge is 0.496 e. The molecule has 0 saturated carbocycles. The first-order valence-electron chi connectivity index (χ1n) is 8.43. The number of hydrogen-bond acceptors (Lipinski definition) is 4. The Balaban J connectivity index is 1.85. The van der Waals surface area contributed by atoms with Crippen molar-refractivity contribution in [1.82, 2.24) is 4.98 Å². The van der Waals surface area contributed by atoms with E-state index in [1.807, 2.05) is 61.5 Å². The molecule has 3 aromatic rings. The molecule has 1 N–H and O–H groups in total. The van der Waals surface area contributed by atoms with E-state index in [2.05, 4.69) is 10.3 Å². The number of nitrogens with one attached hydrogen (secondary N) is 1. The van der Waals surface area contributed by atoms with Crippen LogP contribution in [0.5, 0.6) is 5.75 Å². The minimum Gasteiger partial charge on any atom is -0.496 e. The van der Waals surface area contributed by atoms with E-state index < -0.39 is 0 Å². The van der Waals surface area contributed by atoms with Crippen LogP contribution in [-0.2, 0) is 0 Å². The molecule has 1 atom stereocenters. The third kappa shape index (κ3) is 2.67. The summed E-state index contributed by atoms with van der Waals surface area (Å²) in [5.74, 6) is 0.788. The minimum atomic E-state index is -0.315. The number of anilines is 2. The van der Waals surface area contributed by atoms with Gasteiger partial charge in [0.25, 0.3) is 5.91 Å². The summed E-state index contributed by atoms with van der Waals surface area (Å²) >= 11 is 0. The Labute approximate surface area is 152 Å². The van der Waals surface area contributed by atoms with E-state index in [4.69, 9.17) is 4.74 Å². The smallest absolute Gasteiger partial charge is 0.262 e. The van der Waals surface area contributed by atoms with Crippen LogP contribution >= 0.6 is 0 Å². The van der Waals surface area contributed by atoms with E-state index in [0.29, 0.717) is 5.56 Å². The van der Waals surface area contributed by atoms with Crippen LogP contribution < -0.4 is 15.0 Å². The molecule has 0 aliphatic carbocycles. The number of nitrogens with zero attached hydrogens (tertiary/aromatic N) is 2. The van der Waals surface area contributed by atoms with Crippen LogP contribution in [0.1, 0.15) is 27.7 Å². The van der Waals surface area contributed by atoms with Gasteiger partial charge in [-0.05, 0) is 54.4 Å². The lowest BCUT2D eigenvalue weighted by atomic mass is 10.0. The number of carbonyl (C=O) groups excluding carboxylic acids is 1. The minimum absolute atomic E-state index is 0.0379. The van der Waals surface area contributed by atoms with Crippen molar-refractivity contribution < 1.29 is 9.53 Å². The molecule has 5 heteroatoms. The molecule has 0 radical (unpaired) electrons. The molecule has 26 heavy (non-hydrogen) atoms. The molecule has 0 spiro atoms. The maximum absolute atomic E-state index is 13.2. The van der Waals surface area contributed by atoms with Crippen molar-refractivity contribution >= 4 is 17.3 Å². The van der Waals surface area contributed by atoms with Crippen molar-refractivity contribution in [3.8, 4) is 5.75 Å². The number of carbonyl (C=O) groups is 1. The molecular formula is C21H19N3O2. The molecule has 0 fully saturated rings. The van der Waals surface area contributed by atoms with Crippen LogP contribution in [0.15, 0.2) is 67.0 Å². The Morgan fingerprint density at radius 2 is 1.85 bits per heavy atom. The number of methoxy groups -OCH3 is 1. The maximum Gasteiger partial charge on any atom is 0.262 e. The van der Waals surface area contributed by atoms with Gasteiger partial charge in [-0.25, -0.2) is 0 Å². The standard InChI is InChI=1S/C21H19N3O2/c1-14-13-15(7-8-19(14)26-2)20-23-18-6-4-3-5-17(18)21(25)24(20)16-9-11-22-12-10-16/h3-13,20,23H,1-2H3/t20-/m1/s1. The first kappa shape index (κ1) is 16.1. The molecule has 2 heterocycles. The SMILES string of the molecule is COc1ccc([C@@H]2Nc3ccccc3C(=O)N2c2ccncc2)cc1C. The number of hydrogen-bond donors (Lipinski definition) is 1. The molecule has 1 aliphatic rings. The lowest BCUT2D eigenvalue weighted by Crippen LogP contribution is -2.43. The van der Waals surface area contributed by atoms with Gasteiger partial charge in [0.2, 0.25) is 0 Å². The summed E-state index contributed by atoms with van der Waals surface area (Å²) < 4.78 is 5.37. The average molecular weight is 345 g/mol. The second-order valence-electron chi connectivity index (χ2n) is 6.20. The van der Waals surface area contributed by atoms with Gasteiger partial charge in [-0.15, -0.1) is 0 Å². The van der Waals surface area contributed by atoms with Crippen molar-refractivity contribution in [3.05, 3.63) is 83.7 Å². The maximum atomic E-state index is 13.2. The second kappa shape index (κ2) is 6.52. The van der Waals surface area contributed by atoms with Crippen molar-refractivity contribution in [2.75, 3.05) is 17.3 Å². The molecule has 2 aromatic carbocycles. The summed E-state index contributed by atoms with van der Waals surface area (Å²) in [6.07, 6.45) is 3.07. The lowest BCUT2D eigenvalue weighted by molar-refractivity contribution is 0.0975. The zero-order valence-electron chi connectivity index (χ0n) is 14.6. The summed E-state index contributed by atoms with van der Waals surface area (Å²) in [4.78, 5) is 19.1. The van der Waals surface area contributed by atoms with Crippen LogP contribution in [0.2, 0.25) is 0 Å². The number of ether oxygens (including phenoxy) is 1. The molecule has 0 bridgehead atoms. The van der Waals surface area contributed by atoms with Gasteiger partial charge in [-0.3, -0.25) is 14.7 Å². The van der Waals surface area contributed by atoms with Crippen molar-refractivity contribution in [2.45, 2.75) is 13.1 Å². The van der Waals surface area contributed by atoms with E-state index in [1.54, 1.807) is 24.4 Å². The Morgan fingerprint density at radius 1 is 1.08 bits per heavy atom. The monoisotopic (exact) mass is 345 g/mol. The molecule has 5 nitrogen and oxygen atoms in total. The molecule has 1 aromatic heterocycles. The molecule has 0 saturated heterocycles. The third-order valence-corrected chi connectivity index (χ3v) is 4.60. The molecule has 0 unspecified atom stereocenters. The Morgan fingerprint density at radius 3 is 2.58 bits per heavy atom. The Kier molecular flexibility index (Phi) is 4.05. The normalized spacial score (nSPS) is 16.0. The van der Waals surface area contributed by atoms with Crippen LogP contribution in [0.25, 0.3) is 0 Å². The molecular weight excluding hydrogens is 326 g/mol. The first-order chi connectivity index (χ1) is 12.7. The number of amides is 1. The van der Waals surface area contributed by atoms with Gasteiger partial charge in [0.1, 0.15) is 11.9 Å². The molecule has 1 amide bonds. The van der Waals surface area contributed by atoms with Gasteiger partial charge in [0, 0.05) is 23.8 Å². The number of benzene rings is 2. The van der Waals surface area contributed by atoms with Crippen molar-refractivity contribution in [3.63, 3.8) is 0 Å². The van der Waals surface area contributed by atoms with Crippen molar-refractivity contribution in [2.24, 2.45) is 0 Å². The zero-order valence-corrected chi connectivity index (χ0v) is 14.6. The quantitative estimate of drug-likeness (QED) is 0.774. The molecule has 4 rings (SSSR count). The van der Waals surface area contributed by atoms with Gasteiger partial charge in [0.15, 0.2) is 0 Å². The highest BCUT2D eigenvalue weighted by atomic mass is 16.5. The highest BCUT2D eigenvalue weighted by molar-refractivity contribution is 6.12. The van der Waals surface area contributed by atoms with Crippen LogP contribution in [-0.4, -0.2) is 18.0 Å². The molecule has 130 valence electrons. The number of aromatic nitrogens is 1. The van der Waals surface area contributed by atoms with Crippen LogP contribution in [0.4, 0.5) is 11.4 Å². The van der Waals surface area contributed by atoms with Gasteiger partial charge in [-0.1, -0.05) is 18.2 Å². The average Bonchev–Trinajstić information content (AvgIpc) is 2.68. The Bertz CT molecular complexity index is 956. The zero-order chi connectivity index (χ0) is 18.1. The topological polar surface area (TPSA) is 54.5 Å². The summed E-state index contributed by atoms with van der Waals surface area (Å²) in [5, 5.41) is 3.50. The van der Waals surface area contributed by atoms with Gasteiger partial charge in [-0.2, -0.15) is 0 Å². The highest BCUT2D eigenvalue weighted by Gasteiger charge is 2.34. The third-order valence-electron chi connectivity index (χ3n) is 4.60. The summed E-state index contributed by atoms with van der Waals surface area (Å²) in [7, 11) is 1.66. The van der Waals surface area contributed by atoms with Crippen LogP contribution in [0.3, 0.4) is 0 Å². The fourth-order valence-corrected chi connectivity index (χ4v) is 3.33. The van der Waals surface area contributed by atoms with Gasteiger partial charge >= 0.3 is 0 Å². The summed E-state index contributed by atoms with van der Waals surface area (Å²) in [6.45, 7) is 2.00. The number of pyridine rings is 1. The molecule has 1 aliphatic heterocycles. The summed E-state index contributed by atoms with van der Waals surface area (Å²) in [6, 6.07) is 17.2. The van der Waals surface area contributed by atoms with Crippen LogP contribution in [0, 0.1) is 6.92 Å². The van der Waals surface area contributed by atoms with E-state index in [0.717, 1.165) is 28.3 Å². The number of aryl methyl sites for hydroxylation is 1. The van der Waals surface area contributed by atoms with E-state index in [9.17, 15) is 4.79 Å². The predicted molar refractivity (Wildman–Crippen MR) is 102 cm³/mol. The second-order valence-corrected chi connectivity index (χ2v) is 6.20. The predicted octanol–water partition coefficient (Wildman–Crippen LogP) is 4.17. The van der Waals surface area contributed by atoms with Gasteiger partial charge < -0.3 is 10.1 Å². The van der Waals surface area contributed by atoms with E-state index in [1.165, 1.54) is 0 Å². The summed E-state index contributed by atoms with van der Waals surface area (Å²) in [5.41, 5.74) is 4.30. The van der Waals surface area contributed by atoms with Gasteiger partial charge in [0.05, 0.1) is 12.7 Å². The van der Waals surface area contributed by atoms with E-state index >= 15 is 0 Å². The highest BCUT2D eigenvalue weighted by Crippen LogP contribution is 2.37. The number of para-hydroxylation sites is 1. The number of fused-ring (bicyclic) bond motifs is 1. The lowest BCUT2D eigenvalue weighted by Gasteiger charge is -2.38.